The number of hydrogen-bond acceptors (Lipinski definition) is 4. The second-order valence-corrected chi connectivity index (χ2v) is 8.58. The minimum atomic E-state index is -0.358. The second kappa shape index (κ2) is 9.93. The average Bonchev–Trinajstić information content (AvgIpc) is 2.76. The van der Waals surface area contributed by atoms with Crippen LogP contribution in [0.2, 0.25) is 0 Å². The number of anilines is 2. The van der Waals surface area contributed by atoms with Crippen LogP contribution in [0.3, 0.4) is 0 Å². The van der Waals surface area contributed by atoms with Crippen LogP contribution in [-0.4, -0.2) is 42.0 Å². The van der Waals surface area contributed by atoms with Gasteiger partial charge in [-0.2, -0.15) is 5.26 Å². The monoisotopic (exact) mass is 422 g/mol. The third-order valence-electron chi connectivity index (χ3n) is 5.75. The summed E-state index contributed by atoms with van der Waals surface area (Å²) in [4.78, 5) is 16.9. The SMILES string of the molecule is CC(C)N(C(=O)c1ccc(N(c2cc(C#N)ccc2F)C2CCNCC2)cc1)C(C)C. The first kappa shape index (κ1) is 22.8. The summed E-state index contributed by atoms with van der Waals surface area (Å²) in [7, 11) is 0. The first-order valence-corrected chi connectivity index (χ1v) is 11.0. The summed E-state index contributed by atoms with van der Waals surface area (Å²) in [6.07, 6.45) is 1.73. The lowest BCUT2D eigenvalue weighted by Crippen LogP contribution is -2.42. The van der Waals surface area contributed by atoms with E-state index in [0.717, 1.165) is 31.6 Å². The quantitative estimate of drug-likeness (QED) is 0.723. The second-order valence-electron chi connectivity index (χ2n) is 8.58. The zero-order valence-corrected chi connectivity index (χ0v) is 18.7. The number of nitrogens with one attached hydrogen (secondary N) is 1. The van der Waals surface area contributed by atoms with Crippen LogP contribution >= 0.6 is 0 Å². The first-order valence-electron chi connectivity index (χ1n) is 11.0. The Hall–Kier alpha value is -2.91. The van der Waals surface area contributed by atoms with Gasteiger partial charge in [0.1, 0.15) is 5.82 Å². The molecule has 0 radical (unpaired) electrons. The summed E-state index contributed by atoms with van der Waals surface area (Å²) in [6, 6.07) is 14.3. The van der Waals surface area contributed by atoms with E-state index in [1.54, 1.807) is 6.07 Å². The van der Waals surface area contributed by atoms with Crippen LogP contribution in [0.25, 0.3) is 0 Å². The number of halogens is 1. The van der Waals surface area contributed by atoms with Crippen LogP contribution in [0, 0.1) is 17.1 Å². The van der Waals surface area contributed by atoms with Gasteiger partial charge in [0.2, 0.25) is 0 Å². The van der Waals surface area contributed by atoms with Gasteiger partial charge in [0, 0.05) is 29.4 Å². The lowest BCUT2D eigenvalue weighted by molar-refractivity contribution is 0.0643. The lowest BCUT2D eigenvalue weighted by atomic mass is 10.0. The number of nitrogens with zero attached hydrogens (tertiary/aromatic N) is 3. The molecular weight excluding hydrogens is 391 g/mol. The van der Waals surface area contributed by atoms with Crippen LogP contribution in [-0.2, 0) is 0 Å². The van der Waals surface area contributed by atoms with Crippen molar-refractivity contribution in [2.75, 3.05) is 18.0 Å². The largest absolute Gasteiger partial charge is 0.336 e. The number of carbonyl (C=O) groups excluding carboxylic acids is 1. The Morgan fingerprint density at radius 2 is 1.68 bits per heavy atom. The molecule has 0 spiro atoms. The highest BCUT2D eigenvalue weighted by Crippen LogP contribution is 2.34. The molecule has 1 saturated heterocycles. The smallest absolute Gasteiger partial charge is 0.254 e. The molecule has 3 rings (SSSR count). The molecule has 2 aromatic rings. The van der Waals surface area contributed by atoms with E-state index in [1.165, 1.54) is 12.1 Å². The summed E-state index contributed by atoms with van der Waals surface area (Å²) in [5.74, 6) is -0.369. The highest BCUT2D eigenvalue weighted by molar-refractivity contribution is 5.95. The van der Waals surface area contributed by atoms with Gasteiger partial charge < -0.3 is 15.1 Å². The van der Waals surface area contributed by atoms with Crippen LogP contribution in [0.4, 0.5) is 15.8 Å². The van der Waals surface area contributed by atoms with Crippen molar-refractivity contribution in [3.05, 3.63) is 59.4 Å². The van der Waals surface area contributed by atoms with Gasteiger partial charge in [0.05, 0.1) is 17.3 Å². The third-order valence-corrected chi connectivity index (χ3v) is 5.75. The fourth-order valence-electron chi connectivity index (χ4n) is 4.36. The zero-order chi connectivity index (χ0) is 22.5. The number of benzene rings is 2. The summed E-state index contributed by atoms with van der Waals surface area (Å²) < 4.78 is 14.9. The van der Waals surface area contributed by atoms with Crippen LogP contribution in [0.1, 0.15) is 56.5 Å². The van der Waals surface area contributed by atoms with E-state index in [0.29, 0.717) is 16.8 Å². The third kappa shape index (κ3) is 5.05. The van der Waals surface area contributed by atoms with Crippen molar-refractivity contribution >= 4 is 17.3 Å². The van der Waals surface area contributed by atoms with Crippen LogP contribution in [0.5, 0.6) is 0 Å². The number of hydrogen-bond donors (Lipinski definition) is 1. The van der Waals surface area contributed by atoms with E-state index in [2.05, 4.69) is 11.4 Å². The Morgan fingerprint density at radius 3 is 2.23 bits per heavy atom. The van der Waals surface area contributed by atoms with E-state index in [9.17, 15) is 14.4 Å². The van der Waals surface area contributed by atoms with Gasteiger partial charge >= 0.3 is 0 Å². The number of piperidine rings is 1. The molecule has 0 saturated carbocycles. The molecule has 1 N–H and O–H groups in total. The fraction of sp³-hybridized carbons (Fsp3) is 0.440. The Bertz CT molecular complexity index is 935. The maximum atomic E-state index is 14.9. The van der Waals surface area contributed by atoms with Gasteiger partial charge in [0.15, 0.2) is 0 Å². The van der Waals surface area contributed by atoms with E-state index in [-0.39, 0.29) is 29.8 Å². The Kier molecular flexibility index (Phi) is 7.29. The molecule has 0 aromatic heterocycles. The highest BCUT2D eigenvalue weighted by atomic mass is 19.1. The van der Waals surface area contributed by atoms with Crippen LogP contribution < -0.4 is 10.2 Å². The number of carbonyl (C=O) groups is 1. The van der Waals surface area contributed by atoms with E-state index in [1.807, 2.05) is 61.8 Å². The summed E-state index contributed by atoms with van der Waals surface area (Å²) in [6.45, 7) is 9.75. The van der Waals surface area contributed by atoms with Crippen molar-refractivity contribution in [3.63, 3.8) is 0 Å². The molecule has 1 heterocycles. The minimum absolute atomic E-state index is 0.0115. The molecule has 1 amide bonds. The van der Waals surface area contributed by atoms with Crippen molar-refractivity contribution in [2.45, 2.75) is 58.7 Å². The molecule has 1 aliphatic rings. The molecule has 31 heavy (non-hydrogen) atoms. The van der Waals surface area contributed by atoms with Crippen LogP contribution in [0.15, 0.2) is 42.5 Å². The summed E-state index contributed by atoms with van der Waals surface area (Å²) >= 11 is 0. The standard InChI is InChI=1S/C25H31FN4O/c1-17(2)29(18(3)4)25(31)20-6-8-21(9-7-20)30(22-11-13-28-14-12-22)24-15-19(16-27)5-10-23(24)26/h5-10,15,17-18,22,28H,11-14H2,1-4H3. The van der Waals surface area contributed by atoms with Gasteiger partial charge in [-0.15, -0.1) is 0 Å². The molecule has 2 aromatic carbocycles. The predicted molar refractivity (Wildman–Crippen MR) is 122 cm³/mol. The molecule has 1 fully saturated rings. The number of nitriles is 1. The Balaban J connectivity index is 1.99. The fourth-order valence-corrected chi connectivity index (χ4v) is 4.36. The minimum Gasteiger partial charge on any atom is -0.336 e. The molecular formula is C25H31FN4O. The topological polar surface area (TPSA) is 59.4 Å². The van der Waals surface area contributed by atoms with Gasteiger partial charge in [-0.1, -0.05) is 0 Å². The van der Waals surface area contributed by atoms with Crippen molar-refractivity contribution in [1.29, 1.82) is 5.26 Å². The lowest BCUT2D eigenvalue weighted by Gasteiger charge is -2.37. The molecule has 6 heteroatoms. The van der Waals surface area contributed by atoms with E-state index >= 15 is 0 Å². The maximum absolute atomic E-state index is 14.9. The van der Waals surface area contributed by atoms with E-state index in [4.69, 9.17) is 0 Å². The van der Waals surface area contributed by atoms with Crippen molar-refractivity contribution < 1.29 is 9.18 Å². The number of rotatable bonds is 6. The Morgan fingerprint density at radius 1 is 1.06 bits per heavy atom. The number of amides is 1. The van der Waals surface area contributed by atoms with Gasteiger partial charge in [-0.05, 0) is 96.1 Å². The molecule has 164 valence electrons. The van der Waals surface area contributed by atoms with Crippen molar-refractivity contribution in [1.82, 2.24) is 10.2 Å². The maximum Gasteiger partial charge on any atom is 0.254 e. The van der Waals surface area contributed by atoms with Crippen molar-refractivity contribution in [2.24, 2.45) is 0 Å². The molecule has 0 aliphatic carbocycles. The molecule has 0 atom stereocenters. The van der Waals surface area contributed by atoms with E-state index < -0.39 is 0 Å². The normalized spacial score (nSPS) is 14.5. The molecule has 1 aliphatic heterocycles. The highest BCUT2D eigenvalue weighted by Gasteiger charge is 2.26. The van der Waals surface area contributed by atoms with Gasteiger partial charge in [0.25, 0.3) is 5.91 Å². The molecule has 0 unspecified atom stereocenters. The molecule has 0 bridgehead atoms. The van der Waals surface area contributed by atoms with Gasteiger partial charge in [-0.25, -0.2) is 4.39 Å². The first-order chi connectivity index (χ1) is 14.8. The average molecular weight is 423 g/mol. The molecule has 5 nitrogen and oxygen atoms in total. The summed E-state index contributed by atoms with van der Waals surface area (Å²) in [5, 5.41) is 12.7. The van der Waals surface area contributed by atoms with Crippen molar-refractivity contribution in [3.8, 4) is 6.07 Å². The zero-order valence-electron chi connectivity index (χ0n) is 18.7. The van der Waals surface area contributed by atoms with Gasteiger partial charge in [-0.3, -0.25) is 4.79 Å². The predicted octanol–water partition coefficient (Wildman–Crippen LogP) is 4.85. The summed E-state index contributed by atoms with van der Waals surface area (Å²) in [5.41, 5.74) is 2.25. The Labute approximate surface area is 184 Å².